The predicted molar refractivity (Wildman–Crippen MR) is 197 cm³/mol. The number of unbranched alkanes of at least 4 members (excludes halogenated alkanes) is 15. The highest BCUT2D eigenvalue weighted by Crippen LogP contribution is 2.58. The lowest BCUT2D eigenvalue weighted by atomic mass is 9.53. The average Bonchev–Trinajstić information content (AvgIpc) is 3.10. The van der Waals surface area contributed by atoms with E-state index in [0.29, 0.717) is 42.1 Å². The van der Waals surface area contributed by atoms with E-state index < -0.39 is 5.41 Å². The largest absolute Gasteiger partial charge is 0.493 e. The summed E-state index contributed by atoms with van der Waals surface area (Å²) in [5.74, 6) is 0.789. The number of esters is 1. The minimum absolute atomic E-state index is 0.00739. The number of piperidine rings is 1. The fourth-order valence-electron chi connectivity index (χ4n) is 8.53. The molecule has 0 unspecified atom stereocenters. The highest BCUT2D eigenvalue weighted by atomic mass is 16.6. The van der Waals surface area contributed by atoms with E-state index in [1.54, 1.807) is 6.07 Å². The molecule has 7 nitrogen and oxygen atoms in total. The first-order valence-corrected chi connectivity index (χ1v) is 19.4. The van der Waals surface area contributed by atoms with E-state index in [2.05, 4.69) is 31.0 Å². The maximum absolute atomic E-state index is 13.3. The second-order valence-electron chi connectivity index (χ2n) is 14.7. The second kappa shape index (κ2) is 20.1. The van der Waals surface area contributed by atoms with Gasteiger partial charge in [0, 0.05) is 41.3 Å². The van der Waals surface area contributed by atoms with Crippen LogP contribution in [0.15, 0.2) is 30.1 Å². The van der Waals surface area contributed by atoms with Gasteiger partial charge < -0.3 is 19.1 Å². The SMILES string of the molecule is CCCCCCCC/C=C/CCCCCCCCCCCC(=O)Oc1c(OC)cc(C=O)c2c1[C@@]13CCN(C)[C@@H](C2)[C@H]1C=C(OC)C(=O)C3. The number of nitrogens with zero attached hydrogens (tertiary/aromatic N) is 1. The molecule has 1 saturated heterocycles. The third-order valence-corrected chi connectivity index (χ3v) is 11.3. The van der Waals surface area contributed by atoms with E-state index in [1.807, 2.05) is 6.08 Å². The molecular weight excluding hydrogens is 614 g/mol. The van der Waals surface area contributed by atoms with Gasteiger partial charge in [-0.15, -0.1) is 0 Å². The Kier molecular flexibility index (Phi) is 15.9. The summed E-state index contributed by atoms with van der Waals surface area (Å²) in [6, 6.07) is 1.80. The first kappa shape index (κ1) is 38.9. The summed E-state index contributed by atoms with van der Waals surface area (Å²) in [5.41, 5.74) is 1.62. The Morgan fingerprint density at radius 3 is 2.10 bits per heavy atom. The summed E-state index contributed by atoms with van der Waals surface area (Å²) in [5, 5.41) is 0. The number of likely N-dealkylation sites (N-methyl/N-ethyl adjacent to an activating group) is 1. The lowest BCUT2D eigenvalue weighted by Crippen LogP contribution is -2.60. The van der Waals surface area contributed by atoms with Crippen molar-refractivity contribution >= 4 is 18.0 Å². The predicted octanol–water partition coefficient (Wildman–Crippen LogP) is 9.63. The summed E-state index contributed by atoms with van der Waals surface area (Å²) in [6.45, 7) is 3.08. The van der Waals surface area contributed by atoms with Crippen LogP contribution in [0.2, 0.25) is 0 Å². The van der Waals surface area contributed by atoms with E-state index in [0.717, 1.165) is 43.2 Å². The summed E-state index contributed by atoms with van der Waals surface area (Å²) in [7, 11) is 5.17. The van der Waals surface area contributed by atoms with Crippen molar-refractivity contribution in [2.24, 2.45) is 5.92 Å². The van der Waals surface area contributed by atoms with Crippen LogP contribution in [0.4, 0.5) is 0 Å². The number of carbonyl (C=O) groups excluding carboxylic acids is 3. The van der Waals surface area contributed by atoms with Crippen LogP contribution in [0.5, 0.6) is 11.5 Å². The van der Waals surface area contributed by atoms with Crippen molar-refractivity contribution in [3.63, 3.8) is 0 Å². The molecule has 0 N–H and O–H groups in total. The molecule has 0 spiro atoms. The molecule has 4 rings (SSSR count). The zero-order valence-electron chi connectivity index (χ0n) is 31.0. The fourth-order valence-corrected chi connectivity index (χ4v) is 8.53. The van der Waals surface area contributed by atoms with Gasteiger partial charge in [-0.05, 0) is 76.2 Å². The van der Waals surface area contributed by atoms with Crippen molar-refractivity contribution < 1.29 is 28.6 Å². The van der Waals surface area contributed by atoms with Crippen molar-refractivity contribution in [3.8, 4) is 11.5 Å². The number of Topliss-reactive ketones (excluding diaryl/α,β-unsaturated/α-hetero) is 1. The van der Waals surface area contributed by atoms with Gasteiger partial charge in [0.1, 0.15) is 6.29 Å². The van der Waals surface area contributed by atoms with Gasteiger partial charge in [0.15, 0.2) is 23.0 Å². The van der Waals surface area contributed by atoms with E-state index in [1.165, 1.54) is 104 Å². The number of hydrogen-bond acceptors (Lipinski definition) is 7. The Morgan fingerprint density at radius 1 is 0.898 bits per heavy atom. The Hall–Kier alpha value is -2.93. The average molecular weight is 678 g/mol. The molecule has 1 aromatic carbocycles. The maximum atomic E-state index is 13.3. The number of methoxy groups -OCH3 is 2. The summed E-state index contributed by atoms with van der Waals surface area (Å²) in [4.78, 5) is 41.2. The molecule has 272 valence electrons. The van der Waals surface area contributed by atoms with Gasteiger partial charge in [-0.1, -0.05) is 96.1 Å². The molecule has 49 heavy (non-hydrogen) atoms. The van der Waals surface area contributed by atoms with Gasteiger partial charge in [0.2, 0.25) is 0 Å². The zero-order chi connectivity index (χ0) is 35.1. The molecule has 0 amide bonds. The summed E-state index contributed by atoms with van der Waals surface area (Å²) >= 11 is 0. The molecule has 1 heterocycles. The molecule has 1 aromatic rings. The van der Waals surface area contributed by atoms with Gasteiger partial charge in [0.05, 0.1) is 14.2 Å². The number of likely N-dealkylation sites (tertiary alicyclic amines) is 1. The molecule has 1 fully saturated rings. The molecule has 3 aliphatic rings. The van der Waals surface area contributed by atoms with E-state index in [9.17, 15) is 14.4 Å². The Bertz CT molecular complexity index is 1300. The molecule has 7 heteroatoms. The lowest BCUT2D eigenvalue weighted by Gasteiger charge is -2.56. The van der Waals surface area contributed by atoms with Gasteiger partial charge >= 0.3 is 5.97 Å². The van der Waals surface area contributed by atoms with Crippen molar-refractivity contribution in [2.45, 2.75) is 153 Å². The van der Waals surface area contributed by atoms with Crippen molar-refractivity contribution in [3.05, 3.63) is 46.7 Å². The number of ether oxygens (including phenoxy) is 3. The summed E-state index contributed by atoms with van der Waals surface area (Å²) < 4.78 is 17.4. The number of fused-ring (bicyclic) bond motifs is 1. The Morgan fingerprint density at radius 2 is 1.51 bits per heavy atom. The Balaban J connectivity index is 1.22. The van der Waals surface area contributed by atoms with Crippen molar-refractivity contribution in [1.82, 2.24) is 4.90 Å². The van der Waals surface area contributed by atoms with Crippen LogP contribution in [-0.2, 0) is 26.2 Å². The molecular formula is C42H63NO6. The Labute approximate surface area is 296 Å². The molecule has 0 saturated carbocycles. The van der Waals surface area contributed by atoms with Crippen LogP contribution in [0.1, 0.15) is 157 Å². The monoisotopic (exact) mass is 677 g/mol. The minimum atomic E-state index is -0.588. The smallest absolute Gasteiger partial charge is 0.311 e. The van der Waals surface area contributed by atoms with Crippen LogP contribution in [0.3, 0.4) is 0 Å². The van der Waals surface area contributed by atoms with Crippen LogP contribution < -0.4 is 9.47 Å². The van der Waals surface area contributed by atoms with Gasteiger partial charge in [0.25, 0.3) is 0 Å². The number of ketones is 1. The topological polar surface area (TPSA) is 82.1 Å². The highest BCUT2D eigenvalue weighted by molar-refractivity contribution is 5.96. The molecule has 3 atom stereocenters. The first-order chi connectivity index (χ1) is 23.9. The van der Waals surface area contributed by atoms with Gasteiger partial charge in [-0.2, -0.15) is 0 Å². The standard InChI is InChI=1S/C42H63NO6/c1-5-6-7-8-9-10-11-12-13-14-15-16-17-18-19-20-21-22-23-24-39(46)49-41-38(48-4)27-32(31-44)33-28-35-34-29-37(47-3)36(45)30-42(34,40(33)41)25-26-43(35)2/h12-13,27,29,31,34-35H,5-11,14-26,28,30H2,1-4H3/b13-12+/t34-,35+,42-/m1/s1. The number of rotatable bonds is 23. The highest BCUT2D eigenvalue weighted by Gasteiger charge is 2.57. The molecule has 1 aliphatic heterocycles. The summed E-state index contributed by atoms with van der Waals surface area (Å²) in [6.07, 6.45) is 30.7. The normalized spacial score (nSPS) is 21.6. The zero-order valence-corrected chi connectivity index (χ0v) is 31.0. The molecule has 2 aliphatic carbocycles. The number of carbonyl (C=O) groups is 3. The minimum Gasteiger partial charge on any atom is -0.493 e. The van der Waals surface area contributed by atoms with Gasteiger partial charge in [-0.25, -0.2) is 0 Å². The van der Waals surface area contributed by atoms with E-state index in [-0.39, 0.29) is 30.1 Å². The third kappa shape index (κ3) is 10.1. The second-order valence-corrected chi connectivity index (χ2v) is 14.7. The van der Waals surface area contributed by atoms with Crippen LogP contribution >= 0.6 is 0 Å². The lowest BCUT2D eigenvalue weighted by molar-refractivity contribution is -0.134. The van der Waals surface area contributed by atoms with E-state index in [4.69, 9.17) is 14.2 Å². The number of benzene rings is 1. The molecule has 0 aromatic heterocycles. The first-order valence-electron chi connectivity index (χ1n) is 19.4. The number of hydrogen-bond donors (Lipinski definition) is 0. The van der Waals surface area contributed by atoms with Crippen molar-refractivity contribution in [2.75, 3.05) is 27.8 Å². The van der Waals surface area contributed by atoms with Crippen LogP contribution in [0, 0.1) is 5.92 Å². The number of allylic oxidation sites excluding steroid dienone is 3. The number of aldehydes is 1. The van der Waals surface area contributed by atoms with Crippen LogP contribution in [-0.4, -0.2) is 56.8 Å². The fraction of sp³-hybridized carbons (Fsp3) is 0.690. The quantitative estimate of drug-likeness (QED) is 0.0375. The maximum Gasteiger partial charge on any atom is 0.311 e. The third-order valence-electron chi connectivity index (χ3n) is 11.3. The molecule has 2 bridgehead atoms. The van der Waals surface area contributed by atoms with Gasteiger partial charge in [-0.3, -0.25) is 14.4 Å². The van der Waals surface area contributed by atoms with Crippen molar-refractivity contribution in [1.29, 1.82) is 0 Å². The molecule has 0 radical (unpaired) electrons. The van der Waals surface area contributed by atoms with Crippen LogP contribution in [0.25, 0.3) is 0 Å². The van der Waals surface area contributed by atoms with E-state index >= 15 is 0 Å².